The number of anilines is 1. The van der Waals surface area contributed by atoms with Crippen LogP contribution < -0.4 is 16.0 Å². The van der Waals surface area contributed by atoms with E-state index in [4.69, 9.17) is 23.2 Å². The van der Waals surface area contributed by atoms with E-state index in [9.17, 15) is 9.90 Å². The second-order valence-corrected chi connectivity index (χ2v) is 5.70. The highest BCUT2D eigenvalue weighted by Gasteiger charge is 2.29. The van der Waals surface area contributed by atoms with Crippen molar-refractivity contribution in [2.24, 2.45) is 0 Å². The van der Waals surface area contributed by atoms with Gasteiger partial charge < -0.3 is 21.1 Å². The molecule has 0 aromatic heterocycles. The average Bonchev–Trinajstić information content (AvgIpc) is 2.43. The van der Waals surface area contributed by atoms with Gasteiger partial charge in [0, 0.05) is 13.1 Å². The van der Waals surface area contributed by atoms with Crippen LogP contribution in [0.15, 0.2) is 18.2 Å². The number of hydrogen-bond acceptors (Lipinski definition) is 3. The Hall–Kier alpha value is -1.01. The number of hydrogen-bond donors (Lipinski definition) is 4. The van der Waals surface area contributed by atoms with Crippen molar-refractivity contribution in [2.45, 2.75) is 18.4 Å². The molecule has 1 fully saturated rings. The van der Waals surface area contributed by atoms with E-state index >= 15 is 0 Å². The van der Waals surface area contributed by atoms with Gasteiger partial charge >= 0.3 is 6.03 Å². The van der Waals surface area contributed by atoms with Gasteiger partial charge in [0.2, 0.25) is 0 Å². The summed E-state index contributed by atoms with van der Waals surface area (Å²) < 4.78 is 0. The molecule has 1 saturated heterocycles. The quantitative estimate of drug-likeness (QED) is 0.690. The van der Waals surface area contributed by atoms with Gasteiger partial charge in [-0.2, -0.15) is 0 Å². The maximum atomic E-state index is 11.8. The molecule has 1 aliphatic rings. The Morgan fingerprint density at radius 2 is 2.25 bits per heavy atom. The number of β-amino-alcohol motifs (C(OH)–C–C–N with tert-alkyl or cyclic N) is 1. The average molecular weight is 318 g/mol. The molecular weight excluding hydrogens is 301 g/mol. The van der Waals surface area contributed by atoms with E-state index < -0.39 is 11.6 Å². The van der Waals surface area contributed by atoms with Crippen LogP contribution in [0.4, 0.5) is 10.5 Å². The number of halogens is 2. The van der Waals surface area contributed by atoms with E-state index in [-0.39, 0.29) is 6.54 Å². The van der Waals surface area contributed by atoms with Gasteiger partial charge in [0.1, 0.15) is 0 Å². The summed E-state index contributed by atoms with van der Waals surface area (Å²) in [7, 11) is 0. The Labute approximate surface area is 127 Å². The van der Waals surface area contributed by atoms with E-state index in [1.165, 1.54) is 0 Å². The van der Waals surface area contributed by atoms with Crippen LogP contribution in [-0.2, 0) is 0 Å². The summed E-state index contributed by atoms with van der Waals surface area (Å²) in [5.74, 6) is 0. The molecule has 2 amide bonds. The minimum absolute atomic E-state index is 0.185. The number of aliphatic hydroxyl groups is 1. The molecule has 0 bridgehead atoms. The molecule has 7 heteroatoms. The topological polar surface area (TPSA) is 73.4 Å². The van der Waals surface area contributed by atoms with Crippen LogP contribution in [0, 0.1) is 0 Å². The van der Waals surface area contributed by atoms with Gasteiger partial charge in [-0.3, -0.25) is 0 Å². The first-order valence-corrected chi connectivity index (χ1v) is 7.18. The third-order valence-corrected chi connectivity index (χ3v) is 4.05. The first-order valence-electron chi connectivity index (χ1n) is 6.42. The highest BCUT2D eigenvalue weighted by molar-refractivity contribution is 6.43. The van der Waals surface area contributed by atoms with Crippen molar-refractivity contribution >= 4 is 34.9 Å². The Morgan fingerprint density at radius 1 is 1.45 bits per heavy atom. The standard InChI is InChI=1S/C13H17Cl2N3O2/c14-9-3-1-4-10(11(9)15)18-12(19)17-8-13(20)5-2-6-16-7-13/h1,3-4,16,20H,2,5-8H2,(H2,17,18,19)/t13-/m0/s1. The molecule has 1 aliphatic heterocycles. The summed E-state index contributed by atoms with van der Waals surface area (Å²) in [5.41, 5.74) is -0.460. The second-order valence-electron chi connectivity index (χ2n) is 4.91. The molecule has 20 heavy (non-hydrogen) atoms. The lowest BCUT2D eigenvalue weighted by molar-refractivity contribution is 0.0198. The van der Waals surface area contributed by atoms with Crippen molar-refractivity contribution in [2.75, 3.05) is 25.0 Å². The lowest BCUT2D eigenvalue weighted by Crippen LogP contribution is -2.53. The van der Waals surface area contributed by atoms with Gasteiger partial charge in [-0.05, 0) is 31.5 Å². The molecule has 1 atom stereocenters. The zero-order valence-corrected chi connectivity index (χ0v) is 12.4. The molecule has 1 heterocycles. The first-order chi connectivity index (χ1) is 9.50. The van der Waals surface area contributed by atoms with E-state index in [1.54, 1.807) is 18.2 Å². The molecule has 0 saturated carbocycles. The minimum atomic E-state index is -0.895. The van der Waals surface area contributed by atoms with Crippen molar-refractivity contribution in [3.8, 4) is 0 Å². The van der Waals surface area contributed by atoms with Crippen molar-refractivity contribution in [1.29, 1.82) is 0 Å². The van der Waals surface area contributed by atoms with E-state index in [1.807, 2.05) is 0 Å². The normalized spacial score (nSPS) is 22.4. The van der Waals surface area contributed by atoms with Gasteiger partial charge in [0.05, 0.1) is 21.3 Å². The number of rotatable bonds is 3. The summed E-state index contributed by atoms with van der Waals surface area (Å²) in [4.78, 5) is 11.8. The zero-order valence-electron chi connectivity index (χ0n) is 10.9. The lowest BCUT2D eigenvalue weighted by atomic mass is 9.94. The number of carbonyl (C=O) groups is 1. The predicted octanol–water partition coefficient (Wildman–Crippen LogP) is 2.23. The summed E-state index contributed by atoms with van der Waals surface area (Å²) in [5, 5.41) is 19.3. The molecule has 1 aromatic rings. The number of amides is 2. The highest BCUT2D eigenvalue weighted by Crippen LogP contribution is 2.29. The lowest BCUT2D eigenvalue weighted by Gasteiger charge is -2.32. The van der Waals surface area contributed by atoms with Crippen LogP contribution in [0.2, 0.25) is 10.0 Å². The van der Waals surface area contributed by atoms with Crippen molar-refractivity contribution < 1.29 is 9.90 Å². The summed E-state index contributed by atoms with van der Waals surface area (Å²) in [6, 6.07) is 4.57. The van der Waals surface area contributed by atoms with Gasteiger partial charge in [-0.15, -0.1) is 0 Å². The monoisotopic (exact) mass is 317 g/mol. The van der Waals surface area contributed by atoms with Gasteiger partial charge in [-0.25, -0.2) is 4.79 Å². The molecule has 0 aliphatic carbocycles. The maximum Gasteiger partial charge on any atom is 0.319 e. The van der Waals surface area contributed by atoms with E-state index in [2.05, 4.69) is 16.0 Å². The minimum Gasteiger partial charge on any atom is -0.387 e. The third-order valence-electron chi connectivity index (χ3n) is 3.23. The van der Waals surface area contributed by atoms with Crippen LogP contribution in [0.5, 0.6) is 0 Å². The largest absolute Gasteiger partial charge is 0.387 e. The predicted molar refractivity (Wildman–Crippen MR) is 80.5 cm³/mol. The van der Waals surface area contributed by atoms with Crippen molar-refractivity contribution in [3.05, 3.63) is 28.2 Å². The fourth-order valence-corrected chi connectivity index (χ4v) is 2.46. The SMILES string of the molecule is O=C(NC[C@]1(O)CCCNC1)Nc1cccc(Cl)c1Cl. The first kappa shape index (κ1) is 15.4. The molecular formula is C13H17Cl2N3O2. The van der Waals surface area contributed by atoms with Crippen LogP contribution in [0.1, 0.15) is 12.8 Å². The van der Waals surface area contributed by atoms with Crippen molar-refractivity contribution in [1.82, 2.24) is 10.6 Å². The Morgan fingerprint density at radius 3 is 2.95 bits per heavy atom. The van der Waals surface area contributed by atoms with Gasteiger partial charge in [0.25, 0.3) is 0 Å². The van der Waals surface area contributed by atoms with Crippen LogP contribution >= 0.6 is 23.2 Å². The van der Waals surface area contributed by atoms with Gasteiger partial charge in [0.15, 0.2) is 0 Å². The van der Waals surface area contributed by atoms with Crippen LogP contribution in [0.3, 0.4) is 0 Å². The Bertz CT molecular complexity index is 491. The second kappa shape index (κ2) is 6.63. The highest BCUT2D eigenvalue weighted by atomic mass is 35.5. The zero-order chi connectivity index (χ0) is 14.6. The van der Waals surface area contributed by atoms with Crippen LogP contribution in [0.25, 0.3) is 0 Å². The van der Waals surface area contributed by atoms with E-state index in [0.717, 1.165) is 13.0 Å². The molecule has 0 spiro atoms. The third kappa shape index (κ3) is 3.99. The number of urea groups is 1. The summed E-state index contributed by atoms with van der Waals surface area (Å²) in [6.07, 6.45) is 1.55. The number of nitrogens with one attached hydrogen (secondary N) is 3. The number of piperidine rings is 1. The summed E-state index contributed by atoms with van der Waals surface area (Å²) in [6.45, 7) is 1.56. The number of carbonyl (C=O) groups excluding carboxylic acids is 1. The Balaban J connectivity index is 1.88. The molecule has 0 unspecified atom stereocenters. The van der Waals surface area contributed by atoms with Gasteiger partial charge in [-0.1, -0.05) is 29.3 Å². The fourth-order valence-electron chi connectivity index (χ4n) is 2.11. The van der Waals surface area contributed by atoms with Crippen LogP contribution in [-0.4, -0.2) is 36.4 Å². The smallest absolute Gasteiger partial charge is 0.319 e. The molecule has 5 nitrogen and oxygen atoms in total. The maximum absolute atomic E-state index is 11.8. The molecule has 1 aromatic carbocycles. The molecule has 4 N–H and O–H groups in total. The van der Waals surface area contributed by atoms with Crippen molar-refractivity contribution in [3.63, 3.8) is 0 Å². The molecule has 2 rings (SSSR count). The number of benzene rings is 1. The van der Waals surface area contributed by atoms with E-state index in [0.29, 0.717) is 28.7 Å². The summed E-state index contributed by atoms with van der Waals surface area (Å²) >= 11 is 11.8. The fraction of sp³-hybridized carbons (Fsp3) is 0.462. The molecule has 110 valence electrons. The molecule has 0 radical (unpaired) electrons. The Kier molecular flexibility index (Phi) is 5.10.